The van der Waals surface area contributed by atoms with E-state index >= 15 is 0 Å². The first-order valence-corrected chi connectivity index (χ1v) is 5.66. The van der Waals surface area contributed by atoms with Crippen molar-refractivity contribution in [1.29, 1.82) is 0 Å². The summed E-state index contributed by atoms with van der Waals surface area (Å²) >= 11 is 0. The number of amides is 1. The molecule has 0 N–H and O–H groups in total. The van der Waals surface area contributed by atoms with E-state index in [4.69, 9.17) is 4.74 Å². The third kappa shape index (κ3) is 2.19. The van der Waals surface area contributed by atoms with Crippen LogP contribution in [-0.4, -0.2) is 50.2 Å². The predicted molar refractivity (Wildman–Crippen MR) is 55.6 cm³/mol. The second-order valence-corrected chi connectivity index (χ2v) is 4.35. The lowest BCUT2D eigenvalue weighted by atomic mass is 9.93. The van der Waals surface area contributed by atoms with Crippen LogP contribution in [0.1, 0.15) is 12.8 Å². The average molecular weight is 227 g/mol. The summed E-state index contributed by atoms with van der Waals surface area (Å²) in [6, 6.07) is 0. The molecule has 5 heteroatoms. The van der Waals surface area contributed by atoms with Crippen LogP contribution in [0.25, 0.3) is 0 Å². The molecule has 0 unspecified atom stereocenters. The van der Waals surface area contributed by atoms with Crippen molar-refractivity contribution in [1.82, 2.24) is 4.90 Å². The first kappa shape index (κ1) is 11.4. The molecular weight excluding hydrogens is 210 g/mol. The van der Waals surface area contributed by atoms with Gasteiger partial charge in [0.2, 0.25) is 5.91 Å². The van der Waals surface area contributed by atoms with Gasteiger partial charge in [0, 0.05) is 32.2 Å². The van der Waals surface area contributed by atoms with Gasteiger partial charge in [0.15, 0.2) is 0 Å². The van der Waals surface area contributed by atoms with Crippen LogP contribution in [0.2, 0.25) is 0 Å². The predicted octanol–water partition coefficient (Wildman–Crippen LogP) is 0.0444. The summed E-state index contributed by atoms with van der Waals surface area (Å²) in [5.41, 5.74) is 0. The van der Waals surface area contributed by atoms with Gasteiger partial charge in [-0.2, -0.15) is 0 Å². The van der Waals surface area contributed by atoms with E-state index in [0.29, 0.717) is 26.3 Å². The minimum absolute atomic E-state index is 0.0901. The molecule has 0 saturated carbocycles. The van der Waals surface area contributed by atoms with E-state index in [1.807, 2.05) is 0 Å². The van der Waals surface area contributed by atoms with Crippen LogP contribution in [-0.2, 0) is 19.1 Å². The zero-order valence-corrected chi connectivity index (χ0v) is 9.48. The molecule has 2 aliphatic heterocycles. The van der Waals surface area contributed by atoms with Crippen molar-refractivity contribution in [3.63, 3.8) is 0 Å². The molecule has 2 rings (SSSR count). The molecule has 0 aromatic heterocycles. The van der Waals surface area contributed by atoms with Crippen LogP contribution >= 0.6 is 0 Å². The Labute approximate surface area is 94.7 Å². The van der Waals surface area contributed by atoms with Gasteiger partial charge in [0.1, 0.15) is 0 Å². The zero-order valence-electron chi connectivity index (χ0n) is 9.48. The van der Waals surface area contributed by atoms with Crippen LogP contribution in [0.5, 0.6) is 0 Å². The van der Waals surface area contributed by atoms with E-state index in [9.17, 15) is 9.59 Å². The largest absolute Gasteiger partial charge is 0.469 e. The normalized spacial score (nSPS) is 22.7. The smallest absolute Gasteiger partial charge is 0.312 e. The van der Waals surface area contributed by atoms with Crippen molar-refractivity contribution < 1.29 is 19.1 Å². The standard InChI is InChI=1S/C11H17NO4/c1-15-11(14)9-6-12(7-9)10(13)8-2-4-16-5-3-8/h8-9H,2-7H2,1H3. The zero-order chi connectivity index (χ0) is 11.5. The molecule has 2 aliphatic rings. The van der Waals surface area contributed by atoms with Crippen LogP contribution in [0, 0.1) is 11.8 Å². The van der Waals surface area contributed by atoms with E-state index in [2.05, 4.69) is 4.74 Å². The summed E-state index contributed by atoms with van der Waals surface area (Å²) in [6.45, 7) is 2.38. The molecule has 90 valence electrons. The summed E-state index contributed by atoms with van der Waals surface area (Å²) in [7, 11) is 1.38. The van der Waals surface area contributed by atoms with Gasteiger partial charge in [0.05, 0.1) is 13.0 Å². The van der Waals surface area contributed by atoms with Gasteiger partial charge >= 0.3 is 5.97 Å². The Kier molecular flexibility index (Phi) is 3.43. The summed E-state index contributed by atoms with van der Waals surface area (Å²) in [5, 5.41) is 0. The van der Waals surface area contributed by atoms with Crippen molar-refractivity contribution in [3.05, 3.63) is 0 Å². The van der Waals surface area contributed by atoms with Gasteiger partial charge in [-0.1, -0.05) is 0 Å². The topological polar surface area (TPSA) is 55.8 Å². The maximum atomic E-state index is 12.0. The molecule has 0 aromatic rings. The molecule has 0 radical (unpaired) electrons. The minimum atomic E-state index is -0.212. The fraction of sp³-hybridized carbons (Fsp3) is 0.818. The van der Waals surface area contributed by atoms with Crippen molar-refractivity contribution >= 4 is 11.9 Å². The third-order valence-corrected chi connectivity index (χ3v) is 3.30. The van der Waals surface area contributed by atoms with Gasteiger partial charge < -0.3 is 14.4 Å². The number of esters is 1. The lowest BCUT2D eigenvalue weighted by molar-refractivity contribution is -0.158. The van der Waals surface area contributed by atoms with E-state index < -0.39 is 0 Å². The number of hydrogen-bond donors (Lipinski definition) is 0. The van der Waals surface area contributed by atoms with Crippen molar-refractivity contribution in [2.24, 2.45) is 11.8 Å². The van der Waals surface area contributed by atoms with Crippen LogP contribution in [0.4, 0.5) is 0 Å². The molecule has 2 saturated heterocycles. The Morgan fingerprint density at radius 1 is 1.19 bits per heavy atom. The molecule has 0 aliphatic carbocycles. The molecule has 0 spiro atoms. The van der Waals surface area contributed by atoms with Crippen molar-refractivity contribution in [2.45, 2.75) is 12.8 Å². The molecule has 2 heterocycles. The quantitative estimate of drug-likeness (QED) is 0.625. The number of ether oxygens (including phenoxy) is 2. The number of rotatable bonds is 2. The Bertz CT molecular complexity index is 280. The Morgan fingerprint density at radius 2 is 1.81 bits per heavy atom. The number of carbonyl (C=O) groups excluding carboxylic acids is 2. The second-order valence-electron chi connectivity index (χ2n) is 4.35. The Hall–Kier alpha value is -1.10. The van der Waals surface area contributed by atoms with Crippen LogP contribution in [0.3, 0.4) is 0 Å². The fourth-order valence-corrected chi connectivity index (χ4v) is 2.18. The van der Waals surface area contributed by atoms with Gasteiger partial charge in [-0.05, 0) is 12.8 Å². The molecule has 1 amide bonds. The molecule has 5 nitrogen and oxygen atoms in total. The van der Waals surface area contributed by atoms with Crippen molar-refractivity contribution in [3.8, 4) is 0 Å². The molecular formula is C11H17NO4. The highest BCUT2D eigenvalue weighted by molar-refractivity contribution is 5.83. The molecule has 0 aromatic carbocycles. The summed E-state index contributed by atoms with van der Waals surface area (Å²) in [5.74, 6) is -0.0689. The summed E-state index contributed by atoms with van der Waals surface area (Å²) in [6.07, 6.45) is 1.61. The van der Waals surface area contributed by atoms with E-state index in [-0.39, 0.29) is 23.7 Å². The summed E-state index contributed by atoms with van der Waals surface area (Å²) in [4.78, 5) is 24.9. The second kappa shape index (κ2) is 4.82. The molecule has 0 atom stereocenters. The highest BCUT2D eigenvalue weighted by atomic mass is 16.5. The van der Waals surface area contributed by atoms with Crippen LogP contribution in [0.15, 0.2) is 0 Å². The van der Waals surface area contributed by atoms with Gasteiger partial charge in [-0.3, -0.25) is 9.59 Å². The van der Waals surface area contributed by atoms with E-state index in [0.717, 1.165) is 12.8 Å². The minimum Gasteiger partial charge on any atom is -0.469 e. The lowest BCUT2D eigenvalue weighted by Crippen LogP contribution is -2.55. The number of methoxy groups -OCH3 is 1. The number of likely N-dealkylation sites (tertiary alicyclic amines) is 1. The Morgan fingerprint density at radius 3 is 2.38 bits per heavy atom. The lowest BCUT2D eigenvalue weighted by Gasteiger charge is -2.40. The number of hydrogen-bond acceptors (Lipinski definition) is 4. The Balaban J connectivity index is 1.78. The van der Waals surface area contributed by atoms with Crippen molar-refractivity contribution in [2.75, 3.05) is 33.4 Å². The van der Waals surface area contributed by atoms with Gasteiger partial charge in [-0.25, -0.2) is 0 Å². The molecule has 0 bridgehead atoms. The van der Waals surface area contributed by atoms with Gasteiger partial charge in [-0.15, -0.1) is 0 Å². The highest BCUT2D eigenvalue weighted by Crippen LogP contribution is 2.24. The number of nitrogens with zero attached hydrogens (tertiary/aromatic N) is 1. The first-order chi connectivity index (χ1) is 7.72. The summed E-state index contributed by atoms with van der Waals surface area (Å²) < 4.78 is 9.84. The van der Waals surface area contributed by atoms with Gasteiger partial charge in [0.25, 0.3) is 0 Å². The monoisotopic (exact) mass is 227 g/mol. The highest BCUT2D eigenvalue weighted by Gasteiger charge is 2.38. The molecule has 16 heavy (non-hydrogen) atoms. The average Bonchev–Trinajstić information content (AvgIpc) is 2.27. The maximum Gasteiger partial charge on any atom is 0.312 e. The third-order valence-electron chi connectivity index (χ3n) is 3.30. The van der Waals surface area contributed by atoms with E-state index in [1.165, 1.54) is 7.11 Å². The van der Waals surface area contributed by atoms with E-state index in [1.54, 1.807) is 4.90 Å². The first-order valence-electron chi connectivity index (χ1n) is 5.66. The number of carbonyl (C=O) groups is 2. The van der Waals surface area contributed by atoms with Crippen LogP contribution < -0.4 is 0 Å². The fourth-order valence-electron chi connectivity index (χ4n) is 2.18. The maximum absolute atomic E-state index is 12.0. The SMILES string of the molecule is COC(=O)C1CN(C(=O)C2CCOCC2)C1. The molecule has 2 fully saturated rings.